The van der Waals surface area contributed by atoms with Gasteiger partial charge in [-0.25, -0.2) is 4.79 Å². The Morgan fingerprint density at radius 1 is 1.25 bits per heavy atom. The number of carbonyl (C=O) groups excluding carboxylic acids is 2. The number of amides is 2. The molecular weight excluding hydrogens is 280 g/mol. The molecule has 0 bridgehead atoms. The molecule has 0 spiro atoms. The Bertz CT molecular complexity index is 448. The predicted octanol–water partition coefficient (Wildman–Crippen LogP) is 3.15. The van der Waals surface area contributed by atoms with Crippen LogP contribution < -0.4 is 5.32 Å². The summed E-state index contributed by atoms with van der Waals surface area (Å²) in [6.45, 7) is 4.80. The molecule has 0 unspecified atom stereocenters. The van der Waals surface area contributed by atoms with Crippen molar-refractivity contribution in [2.45, 2.75) is 20.3 Å². The fraction of sp³-hybridized carbons (Fsp3) is 0.429. The lowest BCUT2D eigenvalue weighted by atomic mass is 10.3. The van der Waals surface area contributed by atoms with Gasteiger partial charge in [0.15, 0.2) is 0 Å². The summed E-state index contributed by atoms with van der Waals surface area (Å²) in [6.07, 6.45) is 0.190. The van der Waals surface area contributed by atoms with Crippen LogP contribution in [0.1, 0.15) is 20.3 Å². The second kappa shape index (κ2) is 8.43. The quantitative estimate of drug-likeness (QED) is 0.821. The molecule has 1 rings (SSSR count). The van der Waals surface area contributed by atoms with Gasteiger partial charge in [-0.15, -0.1) is 0 Å². The molecule has 0 saturated carbocycles. The largest absolute Gasteiger partial charge is 0.466 e. The Labute approximate surface area is 123 Å². The summed E-state index contributed by atoms with van der Waals surface area (Å²) < 4.78 is 4.84. The van der Waals surface area contributed by atoms with Gasteiger partial charge in [-0.3, -0.25) is 4.79 Å². The number of hydrogen-bond donors (Lipinski definition) is 1. The minimum absolute atomic E-state index is 0.190. The number of nitrogens with zero attached hydrogens (tertiary/aromatic N) is 1. The fourth-order valence-electron chi connectivity index (χ4n) is 1.60. The van der Waals surface area contributed by atoms with Crippen LogP contribution in [0, 0.1) is 0 Å². The Balaban J connectivity index is 2.50. The van der Waals surface area contributed by atoms with E-state index in [1.54, 1.807) is 36.1 Å². The van der Waals surface area contributed by atoms with Gasteiger partial charge in [0.2, 0.25) is 0 Å². The Morgan fingerprint density at radius 2 is 1.90 bits per heavy atom. The monoisotopic (exact) mass is 298 g/mol. The van der Waals surface area contributed by atoms with Crippen LogP contribution in [-0.2, 0) is 9.53 Å². The number of hydrogen-bond acceptors (Lipinski definition) is 3. The number of urea groups is 1. The van der Waals surface area contributed by atoms with Crippen LogP contribution in [0.25, 0.3) is 0 Å². The maximum Gasteiger partial charge on any atom is 0.321 e. The van der Waals surface area contributed by atoms with Crippen molar-refractivity contribution in [3.8, 4) is 0 Å². The molecule has 0 aliphatic rings. The van der Waals surface area contributed by atoms with Gasteiger partial charge in [-0.1, -0.05) is 11.6 Å². The summed E-state index contributed by atoms with van der Waals surface area (Å²) in [5.41, 5.74) is 0.661. The molecule has 0 atom stereocenters. The first kappa shape index (κ1) is 16.3. The van der Waals surface area contributed by atoms with E-state index in [0.717, 1.165) is 0 Å². The molecule has 20 heavy (non-hydrogen) atoms. The molecule has 5 nitrogen and oxygen atoms in total. The molecule has 1 aromatic rings. The van der Waals surface area contributed by atoms with Gasteiger partial charge in [-0.05, 0) is 38.1 Å². The molecule has 0 heterocycles. The van der Waals surface area contributed by atoms with E-state index in [0.29, 0.717) is 30.4 Å². The lowest BCUT2D eigenvalue weighted by molar-refractivity contribution is -0.143. The molecule has 0 saturated heterocycles. The van der Waals surface area contributed by atoms with E-state index in [-0.39, 0.29) is 18.4 Å². The Hall–Kier alpha value is -1.75. The number of benzene rings is 1. The fourth-order valence-corrected chi connectivity index (χ4v) is 1.72. The summed E-state index contributed by atoms with van der Waals surface area (Å²) in [4.78, 5) is 24.9. The lowest BCUT2D eigenvalue weighted by Gasteiger charge is -2.21. The second-order valence-corrected chi connectivity index (χ2v) is 4.51. The minimum Gasteiger partial charge on any atom is -0.466 e. The highest BCUT2D eigenvalue weighted by Gasteiger charge is 2.13. The number of nitrogens with one attached hydrogen (secondary N) is 1. The first-order valence-corrected chi connectivity index (χ1v) is 6.91. The maximum atomic E-state index is 12.0. The molecule has 110 valence electrons. The topological polar surface area (TPSA) is 58.6 Å². The normalized spacial score (nSPS) is 9.95. The van der Waals surface area contributed by atoms with Crippen LogP contribution in [0.4, 0.5) is 10.5 Å². The molecule has 6 heteroatoms. The van der Waals surface area contributed by atoms with E-state index < -0.39 is 0 Å². The van der Waals surface area contributed by atoms with Crippen LogP contribution >= 0.6 is 11.6 Å². The number of ether oxygens (including phenoxy) is 1. The van der Waals surface area contributed by atoms with E-state index in [4.69, 9.17) is 16.3 Å². The highest BCUT2D eigenvalue weighted by Crippen LogP contribution is 2.14. The third-order valence-electron chi connectivity index (χ3n) is 2.66. The van der Waals surface area contributed by atoms with E-state index >= 15 is 0 Å². The van der Waals surface area contributed by atoms with Crippen molar-refractivity contribution in [3.63, 3.8) is 0 Å². The van der Waals surface area contributed by atoms with Crippen molar-refractivity contribution < 1.29 is 14.3 Å². The number of esters is 1. The Kier molecular flexibility index (Phi) is 6.87. The van der Waals surface area contributed by atoms with E-state index in [1.807, 2.05) is 6.92 Å². The Morgan fingerprint density at radius 3 is 2.45 bits per heavy atom. The summed E-state index contributed by atoms with van der Waals surface area (Å²) in [5.74, 6) is -0.301. The van der Waals surface area contributed by atoms with Crippen molar-refractivity contribution in [1.82, 2.24) is 4.90 Å². The maximum absolute atomic E-state index is 12.0. The van der Waals surface area contributed by atoms with Crippen molar-refractivity contribution >= 4 is 29.3 Å². The van der Waals surface area contributed by atoms with Crippen LogP contribution in [0.2, 0.25) is 5.02 Å². The zero-order valence-corrected chi connectivity index (χ0v) is 12.4. The van der Waals surface area contributed by atoms with Gasteiger partial charge in [0.05, 0.1) is 13.0 Å². The SMILES string of the molecule is CCOC(=O)CCN(CC)C(=O)Nc1ccc(Cl)cc1. The zero-order chi connectivity index (χ0) is 15.0. The second-order valence-electron chi connectivity index (χ2n) is 4.07. The van der Waals surface area contributed by atoms with Crippen LogP contribution in [-0.4, -0.2) is 36.6 Å². The van der Waals surface area contributed by atoms with Crippen molar-refractivity contribution in [3.05, 3.63) is 29.3 Å². The molecule has 0 aromatic heterocycles. The van der Waals surface area contributed by atoms with Crippen molar-refractivity contribution in [1.29, 1.82) is 0 Å². The summed E-state index contributed by atoms with van der Waals surface area (Å²) in [5, 5.41) is 3.36. The first-order valence-electron chi connectivity index (χ1n) is 6.54. The van der Waals surface area contributed by atoms with Gasteiger partial charge >= 0.3 is 12.0 Å². The number of rotatable bonds is 6. The molecule has 0 aliphatic heterocycles. The van der Waals surface area contributed by atoms with Gasteiger partial charge in [-0.2, -0.15) is 0 Å². The molecule has 0 aliphatic carbocycles. The highest BCUT2D eigenvalue weighted by atomic mass is 35.5. The summed E-state index contributed by atoms with van der Waals surface area (Å²) in [7, 11) is 0. The number of carbonyl (C=O) groups is 2. The lowest BCUT2D eigenvalue weighted by Crippen LogP contribution is -2.36. The van der Waals surface area contributed by atoms with Gasteiger partial charge in [0.1, 0.15) is 0 Å². The molecule has 2 amide bonds. The van der Waals surface area contributed by atoms with Crippen LogP contribution in [0.15, 0.2) is 24.3 Å². The smallest absolute Gasteiger partial charge is 0.321 e. The van der Waals surface area contributed by atoms with Crippen molar-refractivity contribution in [2.75, 3.05) is 25.0 Å². The molecule has 0 fully saturated rings. The van der Waals surface area contributed by atoms with Gasteiger partial charge < -0.3 is 15.0 Å². The van der Waals surface area contributed by atoms with E-state index in [2.05, 4.69) is 5.32 Å². The predicted molar refractivity (Wildman–Crippen MR) is 79.0 cm³/mol. The average molecular weight is 299 g/mol. The minimum atomic E-state index is -0.301. The van der Waals surface area contributed by atoms with Crippen LogP contribution in [0.5, 0.6) is 0 Å². The third kappa shape index (κ3) is 5.48. The van der Waals surface area contributed by atoms with Gasteiger partial charge in [0.25, 0.3) is 0 Å². The first-order chi connectivity index (χ1) is 9.56. The van der Waals surface area contributed by atoms with Crippen LogP contribution in [0.3, 0.4) is 0 Å². The molecule has 1 N–H and O–H groups in total. The van der Waals surface area contributed by atoms with Gasteiger partial charge in [0, 0.05) is 23.8 Å². The summed E-state index contributed by atoms with van der Waals surface area (Å²) >= 11 is 5.78. The summed E-state index contributed by atoms with van der Waals surface area (Å²) in [6, 6.07) is 6.59. The van der Waals surface area contributed by atoms with E-state index in [1.165, 1.54) is 0 Å². The average Bonchev–Trinajstić information content (AvgIpc) is 2.42. The molecular formula is C14H19ClN2O3. The standard InChI is InChI=1S/C14H19ClN2O3/c1-3-17(10-9-13(18)20-4-2)14(19)16-12-7-5-11(15)6-8-12/h5-8H,3-4,9-10H2,1-2H3,(H,16,19). The van der Waals surface area contributed by atoms with E-state index in [9.17, 15) is 9.59 Å². The molecule has 0 radical (unpaired) electrons. The zero-order valence-electron chi connectivity index (χ0n) is 11.7. The van der Waals surface area contributed by atoms with Crippen molar-refractivity contribution in [2.24, 2.45) is 0 Å². The molecule has 1 aromatic carbocycles. The highest BCUT2D eigenvalue weighted by molar-refractivity contribution is 6.30. The third-order valence-corrected chi connectivity index (χ3v) is 2.91. The number of anilines is 1. The number of halogens is 1.